The third-order valence-electron chi connectivity index (χ3n) is 4.50. The molecular formula is C20H20ClN5OS. The lowest BCUT2D eigenvalue weighted by atomic mass is 10.1. The van der Waals surface area contributed by atoms with Crippen molar-refractivity contribution >= 4 is 29.3 Å². The summed E-state index contributed by atoms with van der Waals surface area (Å²) >= 11 is 7.32. The Labute approximate surface area is 172 Å². The van der Waals surface area contributed by atoms with E-state index < -0.39 is 0 Å². The number of nitrogens with zero attached hydrogens (tertiary/aromatic N) is 4. The topological polar surface area (TPSA) is 72.7 Å². The summed E-state index contributed by atoms with van der Waals surface area (Å²) < 4.78 is 2.15. The standard InChI is InChI=1S/C20H20ClN5OS/c21-16-3-1-14(2-4-16)7-12-23-18(27)13-28-20-25-24-19(26(20)17-5-6-17)15-8-10-22-11-9-15/h1-4,8-11,17H,5-7,12-13H2,(H,23,27). The zero-order valence-corrected chi connectivity index (χ0v) is 16.8. The van der Waals surface area contributed by atoms with Crippen LogP contribution in [0.3, 0.4) is 0 Å². The maximum Gasteiger partial charge on any atom is 0.230 e. The van der Waals surface area contributed by atoms with Crippen LogP contribution in [0.4, 0.5) is 0 Å². The molecule has 1 aliphatic carbocycles. The molecule has 0 aliphatic heterocycles. The summed E-state index contributed by atoms with van der Waals surface area (Å²) in [6.45, 7) is 0.596. The summed E-state index contributed by atoms with van der Waals surface area (Å²) in [4.78, 5) is 16.3. The van der Waals surface area contributed by atoms with Crippen LogP contribution in [0, 0.1) is 0 Å². The lowest BCUT2D eigenvalue weighted by Gasteiger charge is -2.09. The molecule has 0 unspecified atom stereocenters. The Morgan fingerprint density at radius 1 is 1.14 bits per heavy atom. The number of amides is 1. The fraction of sp³-hybridized carbons (Fsp3) is 0.300. The second-order valence-electron chi connectivity index (χ2n) is 6.66. The molecule has 1 amide bonds. The minimum absolute atomic E-state index is 0.00484. The van der Waals surface area contributed by atoms with Crippen molar-refractivity contribution in [2.45, 2.75) is 30.5 Å². The Morgan fingerprint density at radius 3 is 2.61 bits per heavy atom. The Hall–Kier alpha value is -2.38. The summed E-state index contributed by atoms with van der Waals surface area (Å²) in [5.74, 6) is 1.16. The highest BCUT2D eigenvalue weighted by Gasteiger charge is 2.30. The van der Waals surface area contributed by atoms with Gasteiger partial charge in [0.15, 0.2) is 11.0 Å². The van der Waals surface area contributed by atoms with Gasteiger partial charge in [0.1, 0.15) is 0 Å². The highest BCUT2D eigenvalue weighted by Crippen LogP contribution is 2.40. The largest absolute Gasteiger partial charge is 0.355 e. The van der Waals surface area contributed by atoms with Gasteiger partial charge in [0.05, 0.1) is 5.75 Å². The van der Waals surface area contributed by atoms with Gasteiger partial charge in [-0.3, -0.25) is 14.3 Å². The van der Waals surface area contributed by atoms with E-state index in [1.807, 2.05) is 36.4 Å². The predicted molar refractivity (Wildman–Crippen MR) is 110 cm³/mol. The average molecular weight is 414 g/mol. The summed E-state index contributed by atoms with van der Waals surface area (Å²) in [6, 6.07) is 12.0. The highest BCUT2D eigenvalue weighted by molar-refractivity contribution is 7.99. The Kier molecular flexibility index (Phi) is 5.92. The predicted octanol–water partition coefficient (Wildman–Crippen LogP) is 3.78. The van der Waals surface area contributed by atoms with E-state index in [-0.39, 0.29) is 5.91 Å². The minimum atomic E-state index is -0.00484. The smallest absolute Gasteiger partial charge is 0.230 e. The number of hydrogen-bond acceptors (Lipinski definition) is 5. The number of rotatable bonds is 8. The van der Waals surface area contributed by atoms with Gasteiger partial charge in [-0.1, -0.05) is 35.5 Å². The molecule has 3 aromatic rings. The zero-order valence-electron chi connectivity index (χ0n) is 15.2. The zero-order chi connectivity index (χ0) is 19.3. The quantitative estimate of drug-likeness (QED) is 0.569. The first-order chi connectivity index (χ1) is 13.7. The number of benzene rings is 1. The summed E-state index contributed by atoms with van der Waals surface area (Å²) in [7, 11) is 0. The minimum Gasteiger partial charge on any atom is -0.355 e. The monoisotopic (exact) mass is 413 g/mol. The van der Waals surface area contributed by atoms with E-state index in [0.29, 0.717) is 18.3 Å². The van der Waals surface area contributed by atoms with Crippen molar-refractivity contribution in [3.8, 4) is 11.4 Å². The molecule has 28 heavy (non-hydrogen) atoms. The average Bonchev–Trinajstić information content (AvgIpc) is 3.47. The Morgan fingerprint density at radius 2 is 1.89 bits per heavy atom. The number of nitrogens with one attached hydrogen (secondary N) is 1. The van der Waals surface area contributed by atoms with Crippen molar-refractivity contribution < 1.29 is 4.79 Å². The van der Waals surface area contributed by atoms with Crippen LogP contribution in [0.15, 0.2) is 53.9 Å². The summed E-state index contributed by atoms with van der Waals surface area (Å²) in [5, 5.41) is 13.2. The number of carbonyl (C=O) groups is 1. The first kappa shape index (κ1) is 19.0. The van der Waals surface area contributed by atoms with E-state index in [9.17, 15) is 4.79 Å². The van der Waals surface area contributed by atoms with E-state index in [0.717, 1.165) is 46.4 Å². The van der Waals surface area contributed by atoms with Crippen molar-refractivity contribution in [2.24, 2.45) is 0 Å². The van der Waals surface area contributed by atoms with Crippen LogP contribution in [0.2, 0.25) is 5.02 Å². The van der Waals surface area contributed by atoms with Gasteiger partial charge in [0.2, 0.25) is 5.91 Å². The molecule has 2 heterocycles. The van der Waals surface area contributed by atoms with Crippen LogP contribution in [0.1, 0.15) is 24.4 Å². The number of pyridine rings is 1. The number of thioether (sulfide) groups is 1. The molecule has 8 heteroatoms. The molecular weight excluding hydrogens is 394 g/mol. The number of aromatic nitrogens is 4. The molecule has 0 saturated heterocycles. The van der Waals surface area contributed by atoms with Crippen molar-refractivity contribution in [2.75, 3.05) is 12.3 Å². The Balaban J connectivity index is 1.32. The fourth-order valence-electron chi connectivity index (χ4n) is 2.91. The molecule has 2 aromatic heterocycles. The molecule has 0 bridgehead atoms. The lowest BCUT2D eigenvalue weighted by molar-refractivity contribution is -0.118. The first-order valence-electron chi connectivity index (χ1n) is 9.20. The van der Waals surface area contributed by atoms with E-state index >= 15 is 0 Å². The first-order valence-corrected chi connectivity index (χ1v) is 10.6. The summed E-state index contributed by atoms with van der Waals surface area (Å²) in [6.07, 6.45) is 6.52. The second kappa shape index (κ2) is 8.75. The molecule has 6 nitrogen and oxygen atoms in total. The molecule has 0 radical (unpaired) electrons. The van der Waals surface area contributed by atoms with Gasteiger partial charge >= 0.3 is 0 Å². The second-order valence-corrected chi connectivity index (χ2v) is 8.04. The fourth-order valence-corrected chi connectivity index (χ4v) is 3.88. The SMILES string of the molecule is O=C(CSc1nnc(-c2ccncc2)n1C1CC1)NCCc1ccc(Cl)cc1. The van der Waals surface area contributed by atoms with Gasteiger partial charge in [0.25, 0.3) is 0 Å². The van der Waals surface area contributed by atoms with Crippen LogP contribution in [0.25, 0.3) is 11.4 Å². The molecule has 144 valence electrons. The molecule has 0 atom stereocenters. The van der Waals surface area contributed by atoms with Crippen molar-refractivity contribution in [1.82, 2.24) is 25.1 Å². The third kappa shape index (κ3) is 4.72. The van der Waals surface area contributed by atoms with Gasteiger partial charge in [0, 0.05) is 35.6 Å². The molecule has 1 N–H and O–H groups in total. The van der Waals surface area contributed by atoms with Gasteiger partial charge in [-0.25, -0.2) is 0 Å². The highest BCUT2D eigenvalue weighted by atomic mass is 35.5. The number of hydrogen-bond donors (Lipinski definition) is 1. The van der Waals surface area contributed by atoms with E-state index in [1.165, 1.54) is 11.8 Å². The van der Waals surface area contributed by atoms with Gasteiger partial charge in [-0.05, 0) is 49.1 Å². The third-order valence-corrected chi connectivity index (χ3v) is 5.69. The van der Waals surface area contributed by atoms with E-state index in [4.69, 9.17) is 11.6 Å². The molecule has 1 fully saturated rings. The molecule has 4 rings (SSSR count). The van der Waals surface area contributed by atoms with Gasteiger partial charge in [-0.15, -0.1) is 10.2 Å². The van der Waals surface area contributed by atoms with Crippen LogP contribution in [-0.4, -0.2) is 38.0 Å². The molecule has 0 spiro atoms. The maximum absolute atomic E-state index is 12.2. The van der Waals surface area contributed by atoms with Crippen molar-refractivity contribution in [3.63, 3.8) is 0 Å². The molecule has 1 aliphatic rings. The van der Waals surface area contributed by atoms with Gasteiger partial charge in [-0.2, -0.15) is 0 Å². The number of halogens is 1. The number of carbonyl (C=O) groups excluding carboxylic acids is 1. The maximum atomic E-state index is 12.2. The van der Waals surface area contributed by atoms with Crippen LogP contribution >= 0.6 is 23.4 Å². The van der Waals surface area contributed by atoms with Gasteiger partial charge < -0.3 is 5.32 Å². The van der Waals surface area contributed by atoms with Crippen molar-refractivity contribution in [1.29, 1.82) is 0 Å². The normalized spacial score (nSPS) is 13.5. The summed E-state index contributed by atoms with van der Waals surface area (Å²) in [5.41, 5.74) is 2.14. The van der Waals surface area contributed by atoms with Crippen LogP contribution in [0.5, 0.6) is 0 Å². The molecule has 1 aromatic carbocycles. The Bertz CT molecular complexity index is 941. The van der Waals surface area contributed by atoms with E-state index in [2.05, 4.69) is 25.1 Å². The van der Waals surface area contributed by atoms with Crippen LogP contribution < -0.4 is 5.32 Å². The van der Waals surface area contributed by atoms with Crippen molar-refractivity contribution in [3.05, 3.63) is 59.4 Å². The van der Waals surface area contributed by atoms with Crippen LogP contribution in [-0.2, 0) is 11.2 Å². The molecule has 1 saturated carbocycles. The van der Waals surface area contributed by atoms with E-state index in [1.54, 1.807) is 12.4 Å². The lowest BCUT2D eigenvalue weighted by Crippen LogP contribution is -2.27.